The van der Waals surface area contributed by atoms with Crippen LogP contribution in [0.5, 0.6) is 0 Å². The molecule has 0 atom stereocenters. The van der Waals surface area contributed by atoms with Gasteiger partial charge in [0.25, 0.3) is 0 Å². The highest BCUT2D eigenvalue weighted by Gasteiger charge is 2.62. The lowest BCUT2D eigenvalue weighted by atomic mass is 9.80. The molecule has 0 N–H and O–H groups in total. The predicted molar refractivity (Wildman–Crippen MR) is 106 cm³/mol. The minimum Gasteiger partial charge on any atom is -0.276 e. The molecule has 6 rings (SSSR count). The maximum absolute atomic E-state index is 12.7. The molecule has 28 heavy (non-hydrogen) atoms. The van der Waals surface area contributed by atoms with Crippen molar-refractivity contribution in [2.75, 3.05) is 58.9 Å². The van der Waals surface area contributed by atoms with Crippen LogP contribution in [0.4, 0.5) is 0 Å². The van der Waals surface area contributed by atoms with Crippen molar-refractivity contribution in [3.05, 3.63) is 30.1 Å². The molecule has 5 aliphatic heterocycles. The van der Waals surface area contributed by atoms with E-state index < -0.39 is 10.0 Å². The maximum Gasteiger partial charge on any atom is 0.214 e. The van der Waals surface area contributed by atoms with Crippen LogP contribution < -0.4 is 0 Å². The van der Waals surface area contributed by atoms with E-state index in [1.807, 2.05) is 19.2 Å². The van der Waals surface area contributed by atoms with Gasteiger partial charge in [-0.1, -0.05) is 13.0 Å². The van der Waals surface area contributed by atoms with Crippen molar-refractivity contribution in [1.29, 1.82) is 0 Å². The summed E-state index contributed by atoms with van der Waals surface area (Å²) in [5.41, 5.74) is 1.00. The van der Waals surface area contributed by atoms with Crippen molar-refractivity contribution in [3.8, 4) is 0 Å². The third kappa shape index (κ3) is 2.83. The van der Waals surface area contributed by atoms with Crippen LogP contribution in [0.25, 0.3) is 0 Å². The highest BCUT2D eigenvalue weighted by atomic mass is 32.2. The highest BCUT2D eigenvalue weighted by Crippen LogP contribution is 2.48. The Morgan fingerprint density at radius 3 is 2.14 bits per heavy atom. The Morgan fingerprint density at radius 1 is 1.04 bits per heavy atom. The summed E-state index contributed by atoms with van der Waals surface area (Å²) in [6.45, 7) is 9.37. The molecule has 0 amide bonds. The number of rotatable bonds is 5. The summed E-state index contributed by atoms with van der Waals surface area (Å²) in [6, 6.07) is 6.21. The van der Waals surface area contributed by atoms with E-state index in [2.05, 4.69) is 26.8 Å². The van der Waals surface area contributed by atoms with Gasteiger partial charge in [0.15, 0.2) is 0 Å². The second-order valence-corrected chi connectivity index (χ2v) is 11.1. The molecule has 9 heteroatoms. The number of piperidine rings is 1. The van der Waals surface area contributed by atoms with E-state index in [4.69, 9.17) is 4.98 Å². The monoisotopic (exact) mass is 407 g/mol. The zero-order valence-electron chi connectivity index (χ0n) is 16.7. The Morgan fingerprint density at radius 2 is 1.64 bits per heavy atom. The molecule has 6 heterocycles. The van der Waals surface area contributed by atoms with E-state index in [-0.39, 0.29) is 11.3 Å². The summed E-state index contributed by atoms with van der Waals surface area (Å²) in [5.74, 6) is 0.249. The molecule has 5 saturated heterocycles. The van der Waals surface area contributed by atoms with E-state index in [1.54, 1.807) is 4.31 Å². The molecule has 4 bridgehead atoms. The Kier molecular flexibility index (Phi) is 4.53. The predicted octanol–water partition coefficient (Wildman–Crippen LogP) is 0.621. The van der Waals surface area contributed by atoms with E-state index in [0.717, 1.165) is 63.0 Å². The van der Waals surface area contributed by atoms with Crippen LogP contribution >= 0.6 is 0 Å². The highest BCUT2D eigenvalue weighted by molar-refractivity contribution is 7.89. The lowest BCUT2D eigenvalue weighted by Crippen LogP contribution is -2.84. The average molecular weight is 408 g/mol. The molecule has 5 fully saturated rings. The van der Waals surface area contributed by atoms with Gasteiger partial charge in [-0.25, -0.2) is 27.4 Å². The minimum absolute atomic E-state index is 0.129. The lowest BCUT2D eigenvalue weighted by molar-refractivity contribution is -1.03. The molecule has 154 valence electrons. The number of hydrogen-bond donors (Lipinski definition) is 0. The first-order valence-electron chi connectivity index (χ1n) is 10.4. The standard InChI is InChI=1S/C19H31N6O2S/c1-2-11-28(26,27)24-9-6-19(7-10-24,18-5-3-4-8-20-18)25-15-21-12-22(16-25)14-23(13-21)17-25/h3-5,8H,2,6-7,9-17H2,1H3/q+1. The fourth-order valence-corrected chi connectivity index (χ4v) is 7.59. The Hall–Kier alpha value is -1.10. The van der Waals surface area contributed by atoms with Gasteiger partial charge in [-0.05, 0) is 18.6 Å². The third-order valence-corrected chi connectivity index (χ3v) is 9.14. The third-order valence-electron chi connectivity index (χ3n) is 7.07. The summed E-state index contributed by atoms with van der Waals surface area (Å²) >= 11 is 0. The number of nitrogens with zero attached hydrogens (tertiary/aromatic N) is 6. The van der Waals surface area contributed by atoms with Crippen molar-refractivity contribution in [2.24, 2.45) is 0 Å². The number of aromatic nitrogens is 1. The van der Waals surface area contributed by atoms with E-state index >= 15 is 0 Å². The zero-order chi connectivity index (χ0) is 19.4. The van der Waals surface area contributed by atoms with Crippen LogP contribution in [0, 0.1) is 0 Å². The quantitative estimate of drug-likeness (QED) is 0.667. The molecular weight excluding hydrogens is 376 g/mol. The van der Waals surface area contributed by atoms with Gasteiger partial charge in [0.1, 0.15) is 31.2 Å². The second kappa shape index (κ2) is 6.72. The summed E-state index contributed by atoms with van der Waals surface area (Å²) < 4.78 is 28.0. The van der Waals surface area contributed by atoms with Crippen LogP contribution in [0.2, 0.25) is 0 Å². The van der Waals surface area contributed by atoms with Gasteiger partial charge in [-0.3, -0.25) is 9.47 Å². The van der Waals surface area contributed by atoms with Crippen molar-refractivity contribution in [3.63, 3.8) is 0 Å². The SMILES string of the molecule is CCCS(=O)(=O)N1CCC(c2ccccn2)([N+]23CN4CN(CN(C4)C2)C3)CC1. The molecule has 1 aromatic rings. The first-order chi connectivity index (χ1) is 13.5. The molecule has 0 spiro atoms. The van der Waals surface area contributed by atoms with Gasteiger partial charge in [-0.15, -0.1) is 0 Å². The Labute approximate surface area is 168 Å². The van der Waals surface area contributed by atoms with Gasteiger partial charge in [0.05, 0.1) is 25.8 Å². The van der Waals surface area contributed by atoms with Crippen LogP contribution in [0.1, 0.15) is 31.9 Å². The molecule has 0 saturated carbocycles. The topological polar surface area (TPSA) is 60.0 Å². The molecule has 8 nitrogen and oxygen atoms in total. The summed E-state index contributed by atoms with van der Waals surface area (Å²) in [4.78, 5) is 12.4. The molecule has 0 unspecified atom stereocenters. The van der Waals surface area contributed by atoms with Crippen LogP contribution in [0.15, 0.2) is 24.4 Å². The average Bonchev–Trinajstić information content (AvgIpc) is 2.67. The molecule has 0 radical (unpaired) electrons. The lowest BCUT2D eigenvalue weighted by Gasteiger charge is -2.67. The first kappa shape index (κ1) is 18.9. The van der Waals surface area contributed by atoms with Gasteiger partial charge in [-0.2, -0.15) is 0 Å². The molecule has 1 aromatic heterocycles. The van der Waals surface area contributed by atoms with Crippen molar-refractivity contribution < 1.29 is 12.9 Å². The van der Waals surface area contributed by atoms with Crippen LogP contribution in [0.3, 0.4) is 0 Å². The van der Waals surface area contributed by atoms with Gasteiger partial charge >= 0.3 is 0 Å². The smallest absolute Gasteiger partial charge is 0.214 e. The Bertz CT molecular complexity index is 787. The first-order valence-corrected chi connectivity index (χ1v) is 12.0. The minimum atomic E-state index is -3.15. The summed E-state index contributed by atoms with van der Waals surface area (Å²) in [5, 5.41) is 0. The van der Waals surface area contributed by atoms with Gasteiger partial charge in [0.2, 0.25) is 10.0 Å². The maximum atomic E-state index is 12.7. The number of quaternary nitrogens is 1. The second-order valence-electron chi connectivity index (χ2n) is 8.97. The van der Waals surface area contributed by atoms with E-state index in [1.165, 1.54) is 0 Å². The normalized spacial score (nSPS) is 37.2. The number of sulfonamides is 1. The fraction of sp³-hybridized carbons (Fsp3) is 0.737. The Balaban J connectivity index is 1.51. The zero-order valence-corrected chi connectivity index (χ0v) is 17.5. The van der Waals surface area contributed by atoms with Crippen LogP contribution in [-0.2, 0) is 15.6 Å². The van der Waals surface area contributed by atoms with E-state index in [0.29, 0.717) is 19.5 Å². The van der Waals surface area contributed by atoms with Crippen LogP contribution in [-0.4, -0.2) is 95.7 Å². The number of pyridine rings is 1. The summed E-state index contributed by atoms with van der Waals surface area (Å²) in [6.07, 6.45) is 4.23. The molecule has 0 aromatic carbocycles. The summed E-state index contributed by atoms with van der Waals surface area (Å²) in [7, 11) is -3.15. The van der Waals surface area contributed by atoms with Crippen molar-refractivity contribution in [2.45, 2.75) is 31.7 Å². The van der Waals surface area contributed by atoms with Gasteiger partial charge in [0, 0.05) is 32.1 Å². The molecular formula is C19H31N6O2S+. The molecule has 5 aliphatic rings. The fourth-order valence-electron chi connectivity index (χ4n) is 6.07. The van der Waals surface area contributed by atoms with Crippen molar-refractivity contribution in [1.82, 2.24) is 24.0 Å². The van der Waals surface area contributed by atoms with Crippen molar-refractivity contribution >= 4 is 10.0 Å². The number of hydrogen-bond acceptors (Lipinski definition) is 6. The van der Waals surface area contributed by atoms with Gasteiger partial charge < -0.3 is 0 Å². The molecule has 0 aliphatic carbocycles. The largest absolute Gasteiger partial charge is 0.276 e. The van der Waals surface area contributed by atoms with E-state index in [9.17, 15) is 8.42 Å².